The number of esters is 1. The number of aromatic nitrogens is 1. The molecule has 0 saturated heterocycles. The Morgan fingerprint density at radius 3 is 2.86 bits per heavy atom. The molecule has 3 aromatic rings. The number of benzene rings is 2. The molecule has 5 nitrogen and oxygen atoms in total. The molecule has 0 fully saturated rings. The number of hydrogen-bond donors (Lipinski definition) is 1. The Morgan fingerprint density at radius 2 is 2.03 bits per heavy atom. The van der Waals surface area contributed by atoms with Gasteiger partial charge in [-0.25, -0.2) is 9.78 Å². The van der Waals surface area contributed by atoms with E-state index in [-0.39, 0.29) is 0 Å². The van der Waals surface area contributed by atoms with E-state index in [0.29, 0.717) is 33.6 Å². The van der Waals surface area contributed by atoms with Gasteiger partial charge in [-0.2, -0.15) is 0 Å². The zero-order chi connectivity index (χ0) is 20.6. The second-order valence-corrected chi connectivity index (χ2v) is 8.83. The average molecular weight is 447 g/mol. The molecular weight excluding hydrogens is 431 g/mol. The number of cyclic esters (lactones) is 1. The number of halogens is 2. The van der Waals surface area contributed by atoms with Crippen LogP contribution in [0.25, 0.3) is 0 Å². The number of rotatable bonds is 4. The van der Waals surface area contributed by atoms with E-state index in [2.05, 4.69) is 10.3 Å². The highest BCUT2D eigenvalue weighted by molar-refractivity contribution is 7.15. The summed E-state index contributed by atoms with van der Waals surface area (Å²) in [6, 6.07) is 12.6. The van der Waals surface area contributed by atoms with Crippen molar-refractivity contribution in [2.24, 2.45) is 0 Å². The Morgan fingerprint density at radius 1 is 1.24 bits per heavy atom. The van der Waals surface area contributed by atoms with Crippen LogP contribution in [-0.4, -0.2) is 22.5 Å². The van der Waals surface area contributed by atoms with Crippen LogP contribution in [0.3, 0.4) is 0 Å². The van der Waals surface area contributed by atoms with Crippen molar-refractivity contribution in [3.8, 4) is 0 Å². The van der Waals surface area contributed by atoms with E-state index in [9.17, 15) is 9.59 Å². The lowest BCUT2D eigenvalue weighted by Gasteiger charge is -2.32. The minimum atomic E-state index is -1.30. The molecule has 2 aromatic carbocycles. The summed E-state index contributed by atoms with van der Waals surface area (Å²) >= 11 is 13.6. The molecule has 2 heterocycles. The van der Waals surface area contributed by atoms with Crippen LogP contribution in [0.15, 0.2) is 48.7 Å². The first-order valence-electron chi connectivity index (χ1n) is 8.86. The van der Waals surface area contributed by atoms with Gasteiger partial charge in [0.1, 0.15) is 0 Å². The van der Waals surface area contributed by atoms with Crippen LogP contribution in [-0.2, 0) is 22.4 Å². The average Bonchev–Trinajstić information content (AvgIpc) is 3.12. The monoisotopic (exact) mass is 446 g/mol. The SMILES string of the molecule is CC1(C(=O)Nc2ncc(Cc3cccc(Cl)c3Cl)s2)Cc2ccccc2C(=O)O1. The highest BCUT2D eigenvalue weighted by Gasteiger charge is 2.42. The number of ether oxygens (including phenoxy) is 1. The van der Waals surface area contributed by atoms with Crippen molar-refractivity contribution in [2.45, 2.75) is 25.4 Å². The highest BCUT2D eigenvalue weighted by Crippen LogP contribution is 2.32. The Bertz CT molecular complexity index is 1110. The molecule has 1 aliphatic rings. The zero-order valence-corrected chi connectivity index (χ0v) is 17.7. The van der Waals surface area contributed by atoms with E-state index in [0.717, 1.165) is 16.0 Å². The summed E-state index contributed by atoms with van der Waals surface area (Å²) in [7, 11) is 0. The van der Waals surface area contributed by atoms with Crippen molar-refractivity contribution in [1.29, 1.82) is 0 Å². The lowest BCUT2D eigenvalue weighted by molar-refractivity contribution is -0.134. The van der Waals surface area contributed by atoms with Crippen LogP contribution in [0, 0.1) is 0 Å². The number of carbonyl (C=O) groups excluding carboxylic acids is 2. The summed E-state index contributed by atoms with van der Waals surface area (Å²) in [4.78, 5) is 30.3. The third-order valence-corrected chi connectivity index (χ3v) is 6.50. The number of thiazole rings is 1. The molecule has 1 aliphatic heterocycles. The van der Waals surface area contributed by atoms with E-state index >= 15 is 0 Å². The summed E-state index contributed by atoms with van der Waals surface area (Å²) in [6.07, 6.45) is 2.53. The normalized spacial score (nSPS) is 18.1. The first kappa shape index (κ1) is 19.9. The molecule has 0 spiro atoms. The smallest absolute Gasteiger partial charge is 0.339 e. The molecule has 0 radical (unpaired) electrons. The van der Waals surface area contributed by atoms with Crippen LogP contribution in [0.2, 0.25) is 10.0 Å². The summed E-state index contributed by atoms with van der Waals surface area (Å²) in [6.45, 7) is 1.61. The fourth-order valence-electron chi connectivity index (χ4n) is 3.21. The van der Waals surface area contributed by atoms with Gasteiger partial charge in [0.25, 0.3) is 5.91 Å². The minimum Gasteiger partial charge on any atom is -0.445 e. The van der Waals surface area contributed by atoms with Crippen molar-refractivity contribution in [2.75, 3.05) is 5.32 Å². The van der Waals surface area contributed by atoms with Gasteiger partial charge in [-0.3, -0.25) is 10.1 Å². The molecular formula is C21H16Cl2N2O3S. The second kappa shape index (κ2) is 7.78. The molecule has 0 aliphatic carbocycles. The molecule has 1 N–H and O–H groups in total. The van der Waals surface area contributed by atoms with Gasteiger partial charge in [0.15, 0.2) is 10.7 Å². The zero-order valence-electron chi connectivity index (χ0n) is 15.4. The van der Waals surface area contributed by atoms with Gasteiger partial charge in [-0.05, 0) is 30.2 Å². The molecule has 1 unspecified atom stereocenters. The Hall–Kier alpha value is -2.41. The lowest BCUT2D eigenvalue weighted by Crippen LogP contribution is -2.48. The van der Waals surface area contributed by atoms with Crippen LogP contribution < -0.4 is 5.32 Å². The molecule has 148 valence electrons. The number of hydrogen-bond acceptors (Lipinski definition) is 5. The van der Waals surface area contributed by atoms with Crippen molar-refractivity contribution in [3.05, 3.63) is 80.3 Å². The fraction of sp³-hybridized carbons (Fsp3) is 0.190. The molecule has 29 heavy (non-hydrogen) atoms. The second-order valence-electron chi connectivity index (χ2n) is 6.93. The molecule has 0 bridgehead atoms. The molecule has 1 aromatic heterocycles. The van der Waals surface area contributed by atoms with Crippen LogP contribution in [0.4, 0.5) is 5.13 Å². The molecule has 1 amide bonds. The van der Waals surface area contributed by atoms with Crippen LogP contribution in [0.5, 0.6) is 0 Å². The quantitative estimate of drug-likeness (QED) is 0.562. The van der Waals surface area contributed by atoms with Gasteiger partial charge in [-0.1, -0.05) is 53.5 Å². The Labute approximate surface area is 181 Å². The number of fused-ring (bicyclic) bond motifs is 1. The first-order valence-corrected chi connectivity index (χ1v) is 10.4. The van der Waals surface area contributed by atoms with E-state index in [1.165, 1.54) is 11.3 Å². The lowest BCUT2D eigenvalue weighted by atomic mass is 9.89. The largest absolute Gasteiger partial charge is 0.445 e. The topological polar surface area (TPSA) is 68.3 Å². The summed E-state index contributed by atoms with van der Waals surface area (Å²) in [5.74, 6) is -0.915. The van der Waals surface area contributed by atoms with Gasteiger partial charge < -0.3 is 4.74 Å². The third kappa shape index (κ3) is 4.01. The molecule has 1 atom stereocenters. The van der Waals surface area contributed by atoms with Crippen molar-refractivity contribution < 1.29 is 14.3 Å². The number of nitrogens with zero attached hydrogens (tertiary/aromatic N) is 1. The first-order chi connectivity index (χ1) is 13.9. The number of amides is 1. The van der Waals surface area contributed by atoms with Crippen molar-refractivity contribution >= 4 is 51.5 Å². The predicted octanol–water partition coefficient (Wildman–Crippen LogP) is 5.15. The van der Waals surface area contributed by atoms with Gasteiger partial charge in [-0.15, -0.1) is 11.3 Å². The summed E-state index contributed by atoms with van der Waals surface area (Å²) in [5, 5.41) is 4.20. The number of anilines is 1. The van der Waals surface area contributed by atoms with Crippen molar-refractivity contribution in [1.82, 2.24) is 4.98 Å². The van der Waals surface area contributed by atoms with Crippen molar-refractivity contribution in [3.63, 3.8) is 0 Å². The molecule has 8 heteroatoms. The highest BCUT2D eigenvalue weighted by atomic mass is 35.5. The van der Waals surface area contributed by atoms with Crippen LogP contribution in [0.1, 0.15) is 33.3 Å². The van der Waals surface area contributed by atoms with Gasteiger partial charge in [0.2, 0.25) is 0 Å². The van der Waals surface area contributed by atoms with E-state index in [4.69, 9.17) is 27.9 Å². The van der Waals surface area contributed by atoms with Gasteiger partial charge in [0.05, 0.1) is 15.6 Å². The third-order valence-electron chi connectivity index (χ3n) is 4.73. The Balaban J connectivity index is 1.48. The summed E-state index contributed by atoms with van der Waals surface area (Å²) < 4.78 is 5.46. The number of nitrogens with one attached hydrogen (secondary N) is 1. The summed E-state index contributed by atoms with van der Waals surface area (Å²) in [5.41, 5.74) is 0.864. The number of carbonyl (C=O) groups is 2. The van der Waals surface area contributed by atoms with Crippen LogP contribution >= 0.6 is 34.5 Å². The maximum Gasteiger partial charge on any atom is 0.339 e. The van der Waals surface area contributed by atoms with E-state index in [1.807, 2.05) is 24.3 Å². The Kier molecular flexibility index (Phi) is 5.34. The molecule has 0 saturated carbocycles. The predicted molar refractivity (Wildman–Crippen MR) is 114 cm³/mol. The van der Waals surface area contributed by atoms with Gasteiger partial charge >= 0.3 is 5.97 Å². The standard InChI is InChI=1S/C21H16Cl2N2O3S/c1-21(10-13-5-2-3-7-15(13)18(26)28-21)19(27)25-20-24-11-14(29-20)9-12-6-4-8-16(22)17(12)23/h2-8,11H,9-10H2,1H3,(H,24,25,27). The molecule has 4 rings (SSSR count). The maximum atomic E-state index is 12.9. The van der Waals surface area contributed by atoms with E-state index < -0.39 is 17.5 Å². The maximum absolute atomic E-state index is 12.9. The minimum absolute atomic E-state index is 0.303. The van der Waals surface area contributed by atoms with Gasteiger partial charge in [0, 0.05) is 23.9 Å². The fourth-order valence-corrected chi connectivity index (χ4v) is 4.43. The van der Waals surface area contributed by atoms with E-state index in [1.54, 1.807) is 31.3 Å².